The van der Waals surface area contributed by atoms with Crippen LogP contribution < -0.4 is 19.9 Å². The maximum absolute atomic E-state index is 17.2. The number of pyridine rings is 1. The summed E-state index contributed by atoms with van der Waals surface area (Å²) >= 11 is 0. The zero-order chi connectivity index (χ0) is 51.8. The van der Waals surface area contributed by atoms with E-state index in [-0.39, 0.29) is 70.3 Å². The molecule has 4 saturated heterocycles. The molecule has 1 spiro atoms. The monoisotopic (exact) mass is 1030 g/mol. The highest BCUT2D eigenvalue weighted by Crippen LogP contribution is 2.49. The first-order valence-corrected chi connectivity index (χ1v) is 27.5. The van der Waals surface area contributed by atoms with Crippen LogP contribution in [-0.4, -0.2) is 129 Å². The lowest BCUT2D eigenvalue weighted by atomic mass is 9.67. The van der Waals surface area contributed by atoms with Crippen LogP contribution in [0.3, 0.4) is 0 Å². The van der Waals surface area contributed by atoms with Crippen LogP contribution in [0.15, 0.2) is 48.7 Å². The quantitative estimate of drug-likeness (QED) is 0.102. The lowest BCUT2D eigenvalue weighted by Gasteiger charge is -2.47. The Hall–Kier alpha value is -6.04. The number of carbonyl (C=O) groups excluding carboxylic acids is 3. The molecule has 5 aromatic rings. The van der Waals surface area contributed by atoms with E-state index in [1.165, 1.54) is 31.2 Å². The Morgan fingerprint density at radius 3 is 2.35 bits per heavy atom. The number of phenols is 1. The van der Waals surface area contributed by atoms with Gasteiger partial charge in [-0.25, -0.2) is 8.78 Å². The van der Waals surface area contributed by atoms with E-state index < -0.39 is 23.3 Å². The molecule has 0 bridgehead atoms. The lowest BCUT2D eigenvalue weighted by molar-refractivity contribution is -0.136. The van der Waals surface area contributed by atoms with Crippen molar-refractivity contribution in [2.24, 2.45) is 10.8 Å². The first-order chi connectivity index (χ1) is 36.1. The molecule has 396 valence electrons. The van der Waals surface area contributed by atoms with Gasteiger partial charge in [0.2, 0.25) is 11.8 Å². The normalized spacial score (nSPS) is 24.4. The van der Waals surface area contributed by atoms with Gasteiger partial charge in [0.15, 0.2) is 5.82 Å². The second-order valence-electron chi connectivity index (χ2n) is 23.3. The number of phenolic OH excluding ortho intramolecular Hbond substituents is 1. The van der Waals surface area contributed by atoms with E-state index in [1.807, 2.05) is 24.0 Å². The molecule has 1 unspecified atom stereocenters. The van der Waals surface area contributed by atoms with Crippen molar-refractivity contribution in [1.29, 1.82) is 0 Å². The number of β-amino-alcohol motifs (C(OH)–C–C–N with tert-alkyl or cyclic N) is 1. The molecule has 2 saturated carbocycles. The van der Waals surface area contributed by atoms with E-state index in [4.69, 9.17) is 19.4 Å². The third kappa shape index (κ3) is 9.77. The van der Waals surface area contributed by atoms with Crippen LogP contribution in [0.1, 0.15) is 125 Å². The summed E-state index contributed by atoms with van der Waals surface area (Å²) in [5, 5.41) is 25.7. The SMILES string of the molecule is CCc1c(F)ccc2cc(O)cc(-c3ncc4c(N5CCC[C@@](C)(O)C5)nc(OCC5(CN6CCC(OC7CCC8(CC7)CCN(c7ccc9c(c7)CN(C7CCC(=O)NC7=O)C9=O)CC8)CC6)CC5)nc4c3F)c12. The Kier molecular flexibility index (Phi) is 13.0. The molecular formula is C58H68F2N8O7. The highest BCUT2D eigenvalue weighted by molar-refractivity contribution is 6.06. The summed E-state index contributed by atoms with van der Waals surface area (Å²) in [5.74, 6) is -1.59. The maximum atomic E-state index is 17.2. The fourth-order valence-corrected chi connectivity index (χ4v) is 13.5. The van der Waals surface area contributed by atoms with Gasteiger partial charge in [-0.05, 0) is 161 Å². The highest BCUT2D eigenvalue weighted by Gasteiger charge is 2.46. The lowest BCUT2D eigenvalue weighted by Crippen LogP contribution is -2.52. The maximum Gasteiger partial charge on any atom is 0.319 e. The van der Waals surface area contributed by atoms with Gasteiger partial charge in [-0.15, -0.1) is 0 Å². The Balaban J connectivity index is 0.651. The molecule has 0 radical (unpaired) electrons. The van der Waals surface area contributed by atoms with E-state index in [9.17, 15) is 24.6 Å². The van der Waals surface area contributed by atoms with Gasteiger partial charge >= 0.3 is 6.01 Å². The fourth-order valence-electron chi connectivity index (χ4n) is 13.5. The molecule has 2 aromatic heterocycles. The molecule has 3 aromatic carbocycles. The van der Waals surface area contributed by atoms with Crippen molar-refractivity contribution in [3.63, 3.8) is 0 Å². The standard InChI is InChI=1S/C58H68F2N8O7/c1-3-41-45(59)8-5-35-28-38(69)29-43(48(35)41)50-49(60)51-44(30-61-50)52(67-22-4-15-56(2,73)32-67)64-55(63-51)74-34-58(18-19-58)33-65-23-13-40(14-24-65)75-39-11-16-57(17-12-39)20-25-66(26-21-57)37-6-7-42-36(27-37)31-68(54(42)72)46-9-10-47(70)62-53(46)71/h5-8,27-30,39-40,46,69,73H,3-4,9-26,31-34H2,1-2H3,(H,62,70,71)/t46?,56-/m1/s1. The molecule has 15 nitrogen and oxygen atoms in total. The number of hydrogen-bond acceptors (Lipinski definition) is 13. The van der Waals surface area contributed by atoms with Gasteiger partial charge in [0, 0.05) is 87.2 Å². The van der Waals surface area contributed by atoms with Crippen molar-refractivity contribution in [1.82, 2.24) is 30.1 Å². The molecule has 17 heteroatoms. The third-order valence-electron chi connectivity index (χ3n) is 18.0. The molecule has 12 rings (SSSR count). The molecule has 5 aliphatic heterocycles. The number of aromatic hydroxyl groups is 1. The number of rotatable bonds is 12. The van der Waals surface area contributed by atoms with E-state index >= 15 is 8.78 Å². The summed E-state index contributed by atoms with van der Waals surface area (Å²) in [4.78, 5) is 60.2. The van der Waals surface area contributed by atoms with Gasteiger partial charge in [0.1, 0.15) is 34.6 Å². The first kappa shape index (κ1) is 49.8. The predicted octanol–water partition coefficient (Wildman–Crippen LogP) is 8.37. The number of amides is 3. The number of halogens is 2. The second kappa shape index (κ2) is 19.5. The summed E-state index contributed by atoms with van der Waals surface area (Å²) in [6.45, 7) is 10.0. The Bertz CT molecular complexity index is 3070. The number of fused-ring (bicyclic) bond motifs is 3. The smallest absolute Gasteiger partial charge is 0.319 e. The summed E-state index contributed by atoms with van der Waals surface area (Å²) in [5.41, 5.74) is 2.64. The summed E-state index contributed by atoms with van der Waals surface area (Å²) in [6, 6.07) is 11.4. The summed E-state index contributed by atoms with van der Waals surface area (Å²) in [7, 11) is 0. The third-order valence-corrected chi connectivity index (χ3v) is 18.0. The zero-order valence-electron chi connectivity index (χ0n) is 43.1. The number of aryl methyl sites for hydroxylation is 1. The summed E-state index contributed by atoms with van der Waals surface area (Å²) in [6.07, 6.45) is 15.1. The molecule has 2 aliphatic carbocycles. The van der Waals surface area contributed by atoms with Crippen LogP contribution in [0.25, 0.3) is 32.9 Å². The minimum Gasteiger partial charge on any atom is -0.508 e. The molecular weight excluding hydrogens is 959 g/mol. The van der Waals surface area contributed by atoms with Crippen molar-refractivity contribution in [3.05, 3.63) is 77.0 Å². The van der Waals surface area contributed by atoms with Crippen LogP contribution in [-0.2, 0) is 27.3 Å². The van der Waals surface area contributed by atoms with E-state index in [2.05, 4.69) is 26.2 Å². The number of imide groups is 1. The zero-order valence-corrected chi connectivity index (χ0v) is 43.1. The van der Waals surface area contributed by atoms with E-state index in [0.717, 1.165) is 102 Å². The fraction of sp³-hybridized carbons (Fsp3) is 0.552. The molecule has 2 atom stereocenters. The first-order valence-electron chi connectivity index (χ1n) is 27.5. The van der Waals surface area contributed by atoms with Crippen LogP contribution in [0.2, 0.25) is 0 Å². The number of anilines is 2. The minimum absolute atomic E-state index is 0.0108. The van der Waals surface area contributed by atoms with Gasteiger partial charge in [-0.1, -0.05) is 13.0 Å². The van der Waals surface area contributed by atoms with Gasteiger partial charge in [0.05, 0.1) is 29.8 Å². The Morgan fingerprint density at radius 1 is 0.840 bits per heavy atom. The van der Waals surface area contributed by atoms with Crippen LogP contribution in [0.5, 0.6) is 11.8 Å². The number of ether oxygens (including phenoxy) is 2. The molecule has 6 fully saturated rings. The van der Waals surface area contributed by atoms with Crippen LogP contribution in [0.4, 0.5) is 20.3 Å². The highest BCUT2D eigenvalue weighted by atomic mass is 19.1. The average Bonchev–Trinajstić information content (AvgIpc) is 4.09. The van der Waals surface area contributed by atoms with Gasteiger partial charge < -0.3 is 39.3 Å². The van der Waals surface area contributed by atoms with Gasteiger partial charge in [-0.2, -0.15) is 9.97 Å². The van der Waals surface area contributed by atoms with Gasteiger partial charge in [-0.3, -0.25) is 24.7 Å². The second-order valence-corrected chi connectivity index (χ2v) is 23.3. The number of piperidine rings is 4. The molecule has 75 heavy (non-hydrogen) atoms. The number of carbonyl (C=O) groups is 3. The average molecular weight is 1030 g/mol. The van der Waals surface area contributed by atoms with Crippen molar-refractivity contribution in [2.45, 2.75) is 141 Å². The van der Waals surface area contributed by atoms with Crippen molar-refractivity contribution >= 4 is 50.9 Å². The molecule has 7 aliphatic rings. The topological polar surface area (TPSA) is 174 Å². The number of benzene rings is 3. The number of aromatic nitrogens is 3. The largest absolute Gasteiger partial charge is 0.508 e. The van der Waals surface area contributed by atoms with Crippen LogP contribution >= 0.6 is 0 Å². The van der Waals surface area contributed by atoms with Crippen molar-refractivity contribution in [3.8, 4) is 23.0 Å². The van der Waals surface area contributed by atoms with E-state index in [1.54, 1.807) is 24.0 Å². The minimum atomic E-state index is -0.967. The number of hydrogen-bond donors (Lipinski definition) is 3. The van der Waals surface area contributed by atoms with Crippen molar-refractivity contribution < 1.29 is 42.9 Å². The molecule has 3 N–H and O–H groups in total. The Morgan fingerprint density at radius 2 is 1.61 bits per heavy atom. The summed E-state index contributed by atoms with van der Waals surface area (Å²) < 4.78 is 45.7. The van der Waals surface area contributed by atoms with Gasteiger partial charge in [0.25, 0.3) is 5.91 Å². The number of nitrogens with zero attached hydrogens (tertiary/aromatic N) is 7. The van der Waals surface area contributed by atoms with E-state index in [0.29, 0.717) is 84.0 Å². The number of nitrogens with one attached hydrogen (secondary N) is 1. The Labute approximate surface area is 436 Å². The molecule has 3 amide bonds. The van der Waals surface area contributed by atoms with Crippen LogP contribution in [0, 0.1) is 22.5 Å². The predicted molar refractivity (Wildman–Crippen MR) is 280 cm³/mol. The number of aliphatic hydroxyl groups is 1. The number of likely N-dealkylation sites (tertiary alicyclic amines) is 1. The van der Waals surface area contributed by atoms with Crippen molar-refractivity contribution in [2.75, 3.05) is 62.2 Å². The molecule has 7 heterocycles.